The van der Waals surface area contributed by atoms with Gasteiger partial charge in [-0.25, -0.2) is 0 Å². The predicted molar refractivity (Wildman–Crippen MR) is 130 cm³/mol. The molecule has 2 aromatic rings. The smallest absolute Gasteiger partial charge is 0.326 e. The number of carbonyl (C=O) groups is 1. The third kappa shape index (κ3) is 4.75. The molecule has 0 bridgehead atoms. The number of methoxy groups -OCH3 is 1. The number of alkyl halides is 1. The fourth-order valence-corrected chi connectivity index (χ4v) is 9.69. The summed E-state index contributed by atoms with van der Waals surface area (Å²) in [7, 11) is -1.22. The summed E-state index contributed by atoms with van der Waals surface area (Å²) < 4.78 is 12.4. The Hall–Kier alpha value is -1.66. The van der Waals surface area contributed by atoms with Crippen molar-refractivity contribution in [2.75, 3.05) is 19.5 Å². The second-order valence-electron chi connectivity index (χ2n) is 9.35. The normalized spacial score (nSPS) is 21.8. The molecule has 168 valence electrons. The van der Waals surface area contributed by atoms with Crippen molar-refractivity contribution in [2.24, 2.45) is 0 Å². The van der Waals surface area contributed by atoms with Crippen molar-refractivity contribution in [3.05, 3.63) is 60.7 Å². The highest BCUT2D eigenvalue weighted by Crippen LogP contribution is 2.39. The van der Waals surface area contributed by atoms with Gasteiger partial charge in [-0.05, 0) is 28.3 Å². The number of benzene rings is 2. The van der Waals surface area contributed by atoms with Gasteiger partial charge in [0, 0.05) is 18.8 Å². The first-order valence-corrected chi connectivity index (χ1v) is 13.4. The van der Waals surface area contributed by atoms with Gasteiger partial charge in [0.15, 0.2) is 0 Å². The zero-order valence-corrected chi connectivity index (χ0v) is 20.7. The minimum atomic E-state index is -2.67. The molecular weight excluding hydrogens is 426 g/mol. The Kier molecular flexibility index (Phi) is 7.63. The predicted octanol–water partition coefficient (Wildman–Crippen LogP) is 3.86. The Morgan fingerprint density at radius 1 is 1.10 bits per heavy atom. The molecule has 1 N–H and O–H groups in total. The average molecular weight is 460 g/mol. The van der Waals surface area contributed by atoms with Crippen LogP contribution < -0.4 is 15.7 Å². The lowest BCUT2D eigenvalue weighted by Gasteiger charge is -2.44. The molecule has 1 heterocycles. The van der Waals surface area contributed by atoms with Gasteiger partial charge in [0.2, 0.25) is 0 Å². The number of halogens is 1. The molecule has 3 rings (SSSR count). The number of esters is 1. The standard InChI is InChI=1S/C25H34ClNO3Si/c1-24(2,3)31(21-12-7-5-8-13-21,22-14-9-6-10-15-22)30-20-18-25(27-19-20,16-11-17-26)23(28)29-4/h5-10,12-15,20,27H,11,16-19H2,1-4H3/t20-,25?/m1/s1. The number of hydrogen-bond acceptors (Lipinski definition) is 4. The van der Waals surface area contributed by atoms with Gasteiger partial charge in [-0.15, -0.1) is 11.6 Å². The highest BCUT2D eigenvalue weighted by molar-refractivity contribution is 6.99. The molecule has 0 amide bonds. The van der Waals surface area contributed by atoms with Gasteiger partial charge < -0.3 is 9.16 Å². The third-order valence-corrected chi connectivity index (χ3v) is 11.7. The summed E-state index contributed by atoms with van der Waals surface area (Å²) in [5.41, 5.74) is -0.736. The molecule has 0 spiro atoms. The van der Waals surface area contributed by atoms with E-state index in [0.717, 1.165) is 6.42 Å². The van der Waals surface area contributed by atoms with E-state index >= 15 is 0 Å². The molecule has 0 radical (unpaired) electrons. The number of carbonyl (C=O) groups excluding carboxylic acids is 1. The van der Waals surface area contributed by atoms with E-state index in [1.165, 1.54) is 17.5 Å². The Bertz CT molecular complexity index is 817. The van der Waals surface area contributed by atoms with Crippen molar-refractivity contribution in [3.8, 4) is 0 Å². The Labute approximate surface area is 192 Å². The lowest BCUT2D eigenvalue weighted by Crippen LogP contribution is -2.67. The molecule has 1 aliphatic heterocycles. The van der Waals surface area contributed by atoms with E-state index in [0.29, 0.717) is 25.3 Å². The summed E-state index contributed by atoms with van der Waals surface area (Å²) in [4.78, 5) is 12.7. The quantitative estimate of drug-likeness (QED) is 0.370. The zero-order chi connectivity index (χ0) is 22.5. The zero-order valence-electron chi connectivity index (χ0n) is 19.0. The summed E-state index contributed by atoms with van der Waals surface area (Å²) in [6.07, 6.45) is 1.88. The molecule has 6 heteroatoms. The lowest BCUT2D eigenvalue weighted by molar-refractivity contribution is -0.148. The van der Waals surface area contributed by atoms with Crippen LogP contribution in [0.2, 0.25) is 5.04 Å². The van der Waals surface area contributed by atoms with Crippen LogP contribution in [0.15, 0.2) is 60.7 Å². The maximum absolute atomic E-state index is 12.7. The van der Waals surface area contributed by atoms with E-state index in [9.17, 15) is 4.79 Å². The van der Waals surface area contributed by atoms with Crippen LogP contribution in [0.3, 0.4) is 0 Å². The highest BCUT2D eigenvalue weighted by Gasteiger charge is 2.54. The van der Waals surface area contributed by atoms with Gasteiger partial charge >= 0.3 is 5.97 Å². The van der Waals surface area contributed by atoms with Gasteiger partial charge in [0.25, 0.3) is 8.32 Å². The lowest BCUT2D eigenvalue weighted by atomic mass is 9.91. The van der Waals surface area contributed by atoms with Gasteiger partial charge in [-0.2, -0.15) is 0 Å². The van der Waals surface area contributed by atoms with Crippen molar-refractivity contribution in [1.82, 2.24) is 5.32 Å². The Morgan fingerprint density at radius 2 is 1.65 bits per heavy atom. The summed E-state index contributed by atoms with van der Waals surface area (Å²) in [6, 6.07) is 21.2. The largest absolute Gasteiger partial charge is 0.468 e. The van der Waals surface area contributed by atoms with Crippen molar-refractivity contribution >= 4 is 36.3 Å². The topological polar surface area (TPSA) is 47.6 Å². The van der Waals surface area contributed by atoms with E-state index < -0.39 is 13.9 Å². The van der Waals surface area contributed by atoms with Crippen LogP contribution in [0.1, 0.15) is 40.0 Å². The summed E-state index contributed by atoms with van der Waals surface area (Å²) in [5.74, 6) is 0.284. The molecule has 31 heavy (non-hydrogen) atoms. The minimum Gasteiger partial charge on any atom is -0.468 e. The van der Waals surface area contributed by atoms with Crippen LogP contribution in [0.4, 0.5) is 0 Å². The first-order valence-electron chi connectivity index (χ1n) is 11.0. The molecule has 1 unspecified atom stereocenters. The maximum atomic E-state index is 12.7. The second-order valence-corrected chi connectivity index (χ2v) is 14.0. The van der Waals surface area contributed by atoms with Gasteiger partial charge in [0.1, 0.15) is 5.54 Å². The number of hydrogen-bond donors (Lipinski definition) is 1. The second kappa shape index (κ2) is 9.86. The monoisotopic (exact) mass is 459 g/mol. The minimum absolute atomic E-state index is 0.0965. The Morgan fingerprint density at radius 3 is 2.10 bits per heavy atom. The number of ether oxygens (including phenoxy) is 1. The van der Waals surface area contributed by atoms with Crippen molar-refractivity contribution in [1.29, 1.82) is 0 Å². The van der Waals surface area contributed by atoms with E-state index in [-0.39, 0.29) is 17.1 Å². The van der Waals surface area contributed by atoms with Crippen LogP contribution in [0.5, 0.6) is 0 Å². The van der Waals surface area contributed by atoms with Crippen molar-refractivity contribution in [2.45, 2.75) is 56.7 Å². The molecule has 1 saturated heterocycles. The van der Waals surface area contributed by atoms with E-state index in [1.807, 2.05) is 12.1 Å². The number of rotatable bonds is 8. The summed E-state index contributed by atoms with van der Waals surface area (Å²) in [5, 5.41) is 5.82. The summed E-state index contributed by atoms with van der Waals surface area (Å²) in [6.45, 7) is 7.41. The van der Waals surface area contributed by atoms with E-state index in [1.54, 1.807) is 0 Å². The first kappa shape index (κ1) is 24.0. The summed E-state index contributed by atoms with van der Waals surface area (Å²) >= 11 is 5.95. The van der Waals surface area contributed by atoms with Crippen molar-refractivity contribution < 1.29 is 14.0 Å². The molecule has 1 fully saturated rings. The molecule has 0 saturated carbocycles. The molecule has 0 aliphatic carbocycles. The van der Waals surface area contributed by atoms with E-state index in [2.05, 4.69) is 74.6 Å². The highest BCUT2D eigenvalue weighted by atomic mass is 35.5. The average Bonchev–Trinajstić information content (AvgIpc) is 3.20. The van der Waals surface area contributed by atoms with E-state index in [4.69, 9.17) is 20.8 Å². The fraction of sp³-hybridized carbons (Fsp3) is 0.480. The van der Waals surface area contributed by atoms with Gasteiger partial charge in [0.05, 0.1) is 13.2 Å². The van der Waals surface area contributed by atoms with Crippen LogP contribution >= 0.6 is 11.6 Å². The molecule has 4 nitrogen and oxygen atoms in total. The Balaban J connectivity index is 2.03. The third-order valence-electron chi connectivity index (χ3n) is 6.32. The SMILES string of the molecule is COC(=O)C1(CCCCl)C[C@@H](O[Si](c2ccccc2)(c2ccccc2)C(C)(C)C)CN1. The van der Waals surface area contributed by atoms with Crippen molar-refractivity contribution in [3.63, 3.8) is 0 Å². The molecule has 1 aliphatic rings. The maximum Gasteiger partial charge on any atom is 0.326 e. The van der Waals surface area contributed by atoms with Crippen LogP contribution in [0, 0.1) is 0 Å². The van der Waals surface area contributed by atoms with Crippen LogP contribution in [-0.4, -0.2) is 45.5 Å². The van der Waals surface area contributed by atoms with Crippen LogP contribution in [-0.2, 0) is 14.0 Å². The van der Waals surface area contributed by atoms with Gasteiger partial charge in [-0.1, -0.05) is 81.4 Å². The van der Waals surface area contributed by atoms with Gasteiger partial charge in [-0.3, -0.25) is 10.1 Å². The molecule has 2 aromatic carbocycles. The fourth-order valence-electron chi connectivity index (χ4n) is 4.88. The molecule has 2 atom stereocenters. The van der Waals surface area contributed by atoms with Crippen LogP contribution in [0.25, 0.3) is 0 Å². The molecule has 0 aromatic heterocycles. The molecular formula is C25H34ClNO3Si. The first-order chi connectivity index (χ1) is 14.8. The number of nitrogens with one attached hydrogen (secondary N) is 1.